The van der Waals surface area contributed by atoms with Crippen LogP contribution < -0.4 is 4.74 Å². The Bertz CT molecular complexity index is 494. The minimum atomic E-state index is -4.37. The molecule has 1 aromatic rings. The van der Waals surface area contributed by atoms with Gasteiger partial charge in [0.1, 0.15) is 11.6 Å². The number of hydrogen-bond acceptors (Lipinski definition) is 2. The highest BCUT2D eigenvalue weighted by atomic mass is 35.5. The zero-order valence-corrected chi connectivity index (χ0v) is 12.8. The molecule has 0 aromatic heterocycles. The fourth-order valence-corrected chi connectivity index (χ4v) is 2.18. The molecule has 3 nitrogen and oxygen atoms in total. The van der Waals surface area contributed by atoms with E-state index in [0.29, 0.717) is 17.7 Å². The Morgan fingerprint density at radius 1 is 1.29 bits per heavy atom. The van der Waals surface area contributed by atoms with Gasteiger partial charge in [0.15, 0.2) is 6.61 Å². The maximum atomic E-state index is 12.2. The van der Waals surface area contributed by atoms with Crippen LogP contribution in [0, 0.1) is 13.8 Å². The summed E-state index contributed by atoms with van der Waals surface area (Å²) in [4.78, 5) is 12.9. The van der Waals surface area contributed by atoms with Gasteiger partial charge in [-0.15, -0.1) is 11.6 Å². The Morgan fingerprint density at radius 2 is 1.81 bits per heavy atom. The predicted molar refractivity (Wildman–Crippen MR) is 74.7 cm³/mol. The van der Waals surface area contributed by atoms with Crippen LogP contribution in [0.1, 0.15) is 16.7 Å². The average Bonchev–Trinajstić information content (AvgIpc) is 2.35. The number of aryl methyl sites for hydroxylation is 2. The molecular formula is C14H17ClF3NO2. The van der Waals surface area contributed by atoms with Crippen molar-refractivity contribution >= 4 is 17.5 Å². The molecule has 0 saturated carbocycles. The molecule has 0 spiro atoms. The number of amides is 1. The second-order valence-electron chi connectivity index (χ2n) is 4.85. The summed E-state index contributed by atoms with van der Waals surface area (Å²) in [6.07, 6.45) is -4.37. The van der Waals surface area contributed by atoms with Crippen molar-refractivity contribution in [2.45, 2.75) is 26.6 Å². The Labute approximate surface area is 126 Å². The maximum Gasteiger partial charge on any atom is 0.422 e. The molecule has 1 amide bonds. The van der Waals surface area contributed by atoms with E-state index >= 15 is 0 Å². The first-order valence-corrected chi connectivity index (χ1v) is 6.77. The summed E-state index contributed by atoms with van der Waals surface area (Å²) in [5.41, 5.74) is 2.01. The van der Waals surface area contributed by atoms with Crippen molar-refractivity contribution in [1.82, 2.24) is 4.90 Å². The van der Waals surface area contributed by atoms with Crippen LogP contribution in [0.3, 0.4) is 0 Å². The van der Waals surface area contributed by atoms with Crippen molar-refractivity contribution in [2.24, 2.45) is 0 Å². The molecule has 7 heteroatoms. The van der Waals surface area contributed by atoms with Gasteiger partial charge in [-0.2, -0.15) is 13.2 Å². The van der Waals surface area contributed by atoms with Crippen LogP contribution >= 0.6 is 11.6 Å². The molecule has 1 rings (SSSR count). The zero-order chi connectivity index (χ0) is 16.2. The van der Waals surface area contributed by atoms with E-state index in [9.17, 15) is 18.0 Å². The van der Waals surface area contributed by atoms with Gasteiger partial charge in [-0.3, -0.25) is 4.79 Å². The molecule has 0 atom stereocenters. The largest absolute Gasteiger partial charge is 0.484 e. The molecule has 0 saturated heterocycles. The van der Waals surface area contributed by atoms with Gasteiger partial charge in [0, 0.05) is 13.6 Å². The third-order valence-corrected chi connectivity index (χ3v) is 3.09. The van der Waals surface area contributed by atoms with Crippen molar-refractivity contribution in [2.75, 3.05) is 19.5 Å². The van der Waals surface area contributed by atoms with Crippen LogP contribution in [0.15, 0.2) is 12.1 Å². The maximum absolute atomic E-state index is 12.2. The normalized spacial score (nSPS) is 11.4. The van der Waals surface area contributed by atoms with Crippen LogP contribution in [-0.2, 0) is 11.3 Å². The molecule has 0 unspecified atom stereocenters. The van der Waals surface area contributed by atoms with Gasteiger partial charge in [0.2, 0.25) is 5.91 Å². The fourth-order valence-electron chi connectivity index (χ4n) is 1.98. The molecule has 0 fully saturated rings. The lowest BCUT2D eigenvalue weighted by Crippen LogP contribution is -2.27. The lowest BCUT2D eigenvalue weighted by molar-refractivity contribution is -0.153. The molecule has 0 N–H and O–H groups in total. The molecule has 118 valence electrons. The molecule has 0 aliphatic rings. The highest BCUT2D eigenvalue weighted by Crippen LogP contribution is 2.27. The van der Waals surface area contributed by atoms with Gasteiger partial charge in [0.25, 0.3) is 0 Å². The third-order valence-electron chi connectivity index (χ3n) is 2.86. The quantitative estimate of drug-likeness (QED) is 0.777. The summed E-state index contributed by atoms with van der Waals surface area (Å²) < 4.78 is 41.4. The zero-order valence-electron chi connectivity index (χ0n) is 12.1. The number of carbonyl (C=O) groups excluding carboxylic acids is 1. The molecule has 0 aliphatic carbocycles. The van der Waals surface area contributed by atoms with Gasteiger partial charge in [0.05, 0.1) is 0 Å². The molecule has 0 bridgehead atoms. The van der Waals surface area contributed by atoms with Crippen molar-refractivity contribution in [1.29, 1.82) is 0 Å². The molecule has 21 heavy (non-hydrogen) atoms. The highest BCUT2D eigenvalue weighted by Gasteiger charge is 2.29. The average molecular weight is 324 g/mol. The van der Waals surface area contributed by atoms with E-state index < -0.39 is 12.8 Å². The van der Waals surface area contributed by atoms with E-state index in [1.54, 1.807) is 33.0 Å². The third kappa shape index (κ3) is 5.46. The number of halogens is 4. The summed E-state index contributed by atoms with van der Waals surface area (Å²) in [6.45, 7) is 2.36. The number of hydrogen-bond donors (Lipinski definition) is 0. The second-order valence-corrected chi connectivity index (χ2v) is 5.11. The van der Waals surface area contributed by atoms with Gasteiger partial charge in [-0.25, -0.2) is 0 Å². The summed E-state index contributed by atoms with van der Waals surface area (Å²) in [5.74, 6) is -0.104. The summed E-state index contributed by atoms with van der Waals surface area (Å²) in [5, 5.41) is 0. The van der Waals surface area contributed by atoms with Crippen LogP contribution in [-0.4, -0.2) is 36.5 Å². The SMILES string of the molecule is Cc1cc(CN(C)C(=O)CCl)cc(C)c1OCC(F)(F)F. The van der Waals surface area contributed by atoms with E-state index in [0.717, 1.165) is 5.56 Å². The Kier molecular flexibility index (Phi) is 5.89. The first-order valence-electron chi connectivity index (χ1n) is 6.23. The summed E-state index contributed by atoms with van der Waals surface area (Å²) >= 11 is 5.47. The van der Waals surface area contributed by atoms with Gasteiger partial charge < -0.3 is 9.64 Å². The van der Waals surface area contributed by atoms with E-state index in [1.807, 2.05) is 0 Å². The van der Waals surface area contributed by atoms with Crippen LogP contribution in [0.5, 0.6) is 5.75 Å². The summed E-state index contributed by atoms with van der Waals surface area (Å²) in [7, 11) is 1.61. The number of alkyl halides is 4. The Balaban J connectivity index is 2.87. The molecule has 0 aliphatic heterocycles. The van der Waals surface area contributed by atoms with Crippen molar-refractivity contribution < 1.29 is 22.7 Å². The molecule has 0 heterocycles. The Morgan fingerprint density at radius 3 is 2.24 bits per heavy atom. The smallest absolute Gasteiger partial charge is 0.422 e. The fraction of sp³-hybridized carbons (Fsp3) is 0.500. The van der Waals surface area contributed by atoms with E-state index in [4.69, 9.17) is 16.3 Å². The topological polar surface area (TPSA) is 29.5 Å². The van der Waals surface area contributed by atoms with Crippen LogP contribution in [0.4, 0.5) is 13.2 Å². The standard InChI is InChI=1S/C14H17ClF3NO2/c1-9-4-11(7-19(3)12(20)6-15)5-10(2)13(9)21-8-14(16,17)18/h4-5H,6-8H2,1-3H3. The van der Waals surface area contributed by atoms with Crippen LogP contribution in [0.2, 0.25) is 0 Å². The van der Waals surface area contributed by atoms with E-state index in [-0.39, 0.29) is 17.5 Å². The number of nitrogens with zero attached hydrogens (tertiary/aromatic N) is 1. The van der Waals surface area contributed by atoms with Crippen molar-refractivity contribution in [3.05, 3.63) is 28.8 Å². The first-order chi connectivity index (χ1) is 9.64. The predicted octanol–water partition coefficient (Wildman–Crippen LogP) is 3.44. The van der Waals surface area contributed by atoms with Crippen molar-refractivity contribution in [3.63, 3.8) is 0 Å². The lowest BCUT2D eigenvalue weighted by Gasteiger charge is -2.19. The van der Waals surface area contributed by atoms with Crippen molar-refractivity contribution in [3.8, 4) is 5.75 Å². The number of carbonyl (C=O) groups is 1. The number of ether oxygens (including phenoxy) is 1. The number of benzene rings is 1. The highest BCUT2D eigenvalue weighted by molar-refractivity contribution is 6.27. The van der Waals surface area contributed by atoms with E-state index in [1.165, 1.54) is 4.90 Å². The van der Waals surface area contributed by atoms with E-state index in [2.05, 4.69) is 0 Å². The first kappa shape index (κ1) is 17.6. The molecule has 0 radical (unpaired) electrons. The minimum absolute atomic E-state index is 0.110. The lowest BCUT2D eigenvalue weighted by atomic mass is 10.1. The molecule has 1 aromatic carbocycles. The van der Waals surface area contributed by atoms with Gasteiger partial charge in [-0.05, 0) is 30.5 Å². The molecular weight excluding hydrogens is 307 g/mol. The van der Waals surface area contributed by atoms with Gasteiger partial charge in [-0.1, -0.05) is 12.1 Å². The van der Waals surface area contributed by atoms with Gasteiger partial charge >= 0.3 is 6.18 Å². The van der Waals surface area contributed by atoms with Crippen LogP contribution in [0.25, 0.3) is 0 Å². The minimum Gasteiger partial charge on any atom is -0.484 e. The summed E-state index contributed by atoms with van der Waals surface area (Å²) in [6, 6.07) is 3.41. The second kappa shape index (κ2) is 7.02. The number of rotatable bonds is 5. The Hall–Kier alpha value is -1.43. The monoisotopic (exact) mass is 323 g/mol.